The average molecular weight is 465 g/mol. The highest BCUT2D eigenvalue weighted by molar-refractivity contribution is 5.28. The van der Waals surface area contributed by atoms with Gasteiger partial charge >= 0.3 is 6.11 Å². The zero-order chi connectivity index (χ0) is 24.0. The van der Waals surface area contributed by atoms with Crippen molar-refractivity contribution < 1.29 is 13.5 Å². The second kappa shape index (κ2) is 11.4. The zero-order valence-corrected chi connectivity index (χ0v) is 20.2. The van der Waals surface area contributed by atoms with E-state index in [1.807, 2.05) is 18.2 Å². The first-order chi connectivity index (χ1) is 16.5. The fourth-order valence-electron chi connectivity index (χ4n) is 5.66. The smallest absolute Gasteiger partial charge is 0.316 e. The Labute approximate surface area is 203 Å². The van der Waals surface area contributed by atoms with Crippen LogP contribution in [0.4, 0.5) is 8.78 Å². The van der Waals surface area contributed by atoms with E-state index in [0.717, 1.165) is 36.8 Å². The molecule has 0 bridgehead atoms. The molecule has 34 heavy (non-hydrogen) atoms. The van der Waals surface area contributed by atoms with E-state index in [-0.39, 0.29) is 12.2 Å². The van der Waals surface area contributed by atoms with E-state index in [4.69, 9.17) is 4.74 Å². The second-order valence-electron chi connectivity index (χ2n) is 10.2. The van der Waals surface area contributed by atoms with Crippen molar-refractivity contribution in [3.05, 3.63) is 96.1 Å². The number of allylic oxidation sites excluding steroid dienone is 2. The summed E-state index contributed by atoms with van der Waals surface area (Å²) in [5.41, 5.74) is 3.47. The standard InChI is InChI=1S/C31H38F2O/c1-3-23-5-11-26(12-6-23)28-15-9-25(10-16-28)21-22-34-31(32,33)30-19-17-29(18-20-30)27-13-7-24(4-2)8-14-27/h3-4,9-10,15-20,23-24,26-27H,1-2,5-8,11-14,21-22H2/t23-,24-,26-,27-. The third-order valence-corrected chi connectivity index (χ3v) is 8.05. The molecule has 2 saturated carbocycles. The molecule has 3 heteroatoms. The van der Waals surface area contributed by atoms with Gasteiger partial charge in [0.25, 0.3) is 0 Å². The Hall–Kier alpha value is -2.26. The molecule has 2 aromatic rings. The van der Waals surface area contributed by atoms with E-state index in [2.05, 4.69) is 43.5 Å². The summed E-state index contributed by atoms with van der Waals surface area (Å²) in [7, 11) is 0. The van der Waals surface area contributed by atoms with Gasteiger partial charge in [-0.2, -0.15) is 8.78 Å². The van der Waals surface area contributed by atoms with E-state index < -0.39 is 6.11 Å². The van der Waals surface area contributed by atoms with Crippen molar-refractivity contribution in [2.75, 3.05) is 6.61 Å². The molecule has 0 aliphatic heterocycles. The molecule has 182 valence electrons. The Balaban J connectivity index is 1.25. The van der Waals surface area contributed by atoms with E-state index in [1.165, 1.54) is 43.4 Å². The van der Waals surface area contributed by atoms with Crippen molar-refractivity contribution in [1.82, 2.24) is 0 Å². The van der Waals surface area contributed by atoms with E-state index in [9.17, 15) is 8.78 Å². The number of halogens is 2. The lowest BCUT2D eigenvalue weighted by Crippen LogP contribution is -2.20. The molecule has 2 aliphatic carbocycles. The molecule has 0 saturated heterocycles. The molecule has 0 heterocycles. The zero-order valence-electron chi connectivity index (χ0n) is 20.2. The fraction of sp³-hybridized carbons (Fsp3) is 0.484. The SMILES string of the molecule is C=C[C@H]1CC[C@H](c2ccc(CCOC(F)(F)c3ccc([C@H]4CC[C@H](C=C)CC4)cc3)cc2)CC1. The quantitative estimate of drug-likeness (QED) is 0.337. The predicted octanol–water partition coefficient (Wildman–Crippen LogP) is 8.91. The van der Waals surface area contributed by atoms with Gasteiger partial charge in [-0.15, -0.1) is 13.2 Å². The molecule has 0 radical (unpaired) electrons. The Bertz CT molecular complexity index is 915. The molecule has 0 unspecified atom stereocenters. The van der Waals surface area contributed by atoms with Crippen molar-refractivity contribution in [1.29, 1.82) is 0 Å². The Morgan fingerprint density at radius 3 is 1.59 bits per heavy atom. The van der Waals surface area contributed by atoms with Crippen LogP contribution in [0.25, 0.3) is 0 Å². The first kappa shape index (κ1) is 24.9. The Morgan fingerprint density at radius 2 is 1.15 bits per heavy atom. The minimum absolute atomic E-state index is 0.00981. The molecule has 0 atom stereocenters. The second-order valence-corrected chi connectivity index (χ2v) is 10.2. The highest BCUT2D eigenvalue weighted by Crippen LogP contribution is 2.38. The van der Waals surface area contributed by atoms with Crippen LogP contribution >= 0.6 is 0 Å². The topological polar surface area (TPSA) is 9.23 Å². The van der Waals surface area contributed by atoms with Crippen LogP contribution in [0.2, 0.25) is 0 Å². The molecule has 0 N–H and O–H groups in total. The van der Waals surface area contributed by atoms with Gasteiger partial charge in [0, 0.05) is 0 Å². The van der Waals surface area contributed by atoms with Crippen LogP contribution in [0.1, 0.15) is 85.5 Å². The summed E-state index contributed by atoms with van der Waals surface area (Å²) in [6.07, 6.45) is 10.6. The molecular weight excluding hydrogens is 426 g/mol. The van der Waals surface area contributed by atoms with Gasteiger partial charge in [-0.3, -0.25) is 0 Å². The molecule has 2 aromatic carbocycles. The third-order valence-electron chi connectivity index (χ3n) is 8.05. The van der Waals surface area contributed by atoms with Gasteiger partial charge in [0.1, 0.15) is 0 Å². The minimum Gasteiger partial charge on any atom is -0.316 e. The predicted molar refractivity (Wildman–Crippen MR) is 136 cm³/mol. The molecule has 0 amide bonds. The summed E-state index contributed by atoms with van der Waals surface area (Å²) < 4.78 is 34.4. The molecule has 2 fully saturated rings. The van der Waals surface area contributed by atoms with Crippen LogP contribution in [0.15, 0.2) is 73.8 Å². The van der Waals surface area contributed by atoms with Crippen molar-refractivity contribution in [2.45, 2.75) is 75.7 Å². The fourth-order valence-corrected chi connectivity index (χ4v) is 5.66. The van der Waals surface area contributed by atoms with E-state index >= 15 is 0 Å². The first-order valence-electron chi connectivity index (χ1n) is 12.9. The molecule has 2 aliphatic rings. The number of rotatable bonds is 9. The summed E-state index contributed by atoms with van der Waals surface area (Å²) in [6, 6.07) is 15.2. The number of hydrogen-bond acceptors (Lipinski definition) is 1. The van der Waals surface area contributed by atoms with Crippen molar-refractivity contribution in [3.63, 3.8) is 0 Å². The lowest BCUT2D eigenvalue weighted by atomic mass is 9.78. The summed E-state index contributed by atoms with van der Waals surface area (Å²) >= 11 is 0. The number of alkyl halides is 2. The first-order valence-corrected chi connectivity index (χ1v) is 12.9. The molecule has 0 spiro atoms. The van der Waals surface area contributed by atoms with E-state index in [1.54, 1.807) is 0 Å². The maximum atomic E-state index is 14.7. The van der Waals surface area contributed by atoms with Crippen molar-refractivity contribution in [2.24, 2.45) is 11.8 Å². The Morgan fingerprint density at radius 1 is 0.706 bits per heavy atom. The molecular formula is C31H38F2O. The summed E-state index contributed by atoms with van der Waals surface area (Å²) in [6.45, 7) is 7.80. The number of ether oxygens (including phenoxy) is 1. The van der Waals surface area contributed by atoms with Crippen LogP contribution in [0.5, 0.6) is 0 Å². The van der Waals surface area contributed by atoms with Crippen molar-refractivity contribution >= 4 is 0 Å². The van der Waals surface area contributed by atoms with E-state index in [0.29, 0.717) is 30.1 Å². The maximum absolute atomic E-state index is 14.7. The van der Waals surface area contributed by atoms with Crippen LogP contribution in [0.3, 0.4) is 0 Å². The largest absolute Gasteiger partial charge is 0.383 e. The van der Waals surface area contributed by atoms with Crippen LogP contribution in [-0.2, 0) is 17.3 Å². The average Bonchev–Trinajstić information content (AvgIpc) is 2.89. The summed E-state index contributed by atoms with van der Waals surface area (Å²) in [5.74, 6) is 2.32. The van der Waals surface area contributed by atoms with Crippen LogP contribution < -0.4 is 0 Å². The van der Waals surface area contributed by atoms with Gasteiger partial charge in [0.05, 0.1) is 12.2 Å². The normalized spacial score (nSPS) is 25.6. The lowest BCUT2D eigenvalue weighted by Gasteiger charge is -2.27. The lowest BCUT2D eigenvalue weighted by molar-refractivity contribution is -0.248. The Kier molecular flexibility index (Phi) is 8.37. The van der Waals surface area contributed by atoms with Crippen molar-refractivity contribution in [3.8, 4) is 0 Å². The highest BCUT2D eigenvalue weighted by Gasteiger charge is 2.33. The monoisotopic (exact) mass is 464 g/mol. The summed E-state index contributed by atoms with van der Waals surface area (Å²) in [5, 5.41) is 0. The van der Waals surface area contributed by atoms with Gasteiger partial charge < -0.3 is 4.74 Å². The molecule has 0 aromatic heterocycles. The van der Waals surface area contributed by atoms with Crippen LogP contribution in [-0.4, -0.2) is 6.61 Å². The highest BCUT2D eigenvalue weighted by atomic mass is 19.3. The van der Waals surface area contributed by atoms with Gasteiger partial charge in [-0.05, 0) is 98.1 Å². The number of benzene rings is 2. The molecule has 1 nitrogen and oxygen atoms in total. The van der Waals surface area contributed by atoms with Gasteiger partial charge in [-0.25, -0.2) is 0 Å². The number of hydrogen-bond donors (Lipinski definition) is 0. The van der Waals surface area contributed by atoms with Gasteiger partial charge in [0.15, 0.2) is 0 Å². The summed E-state index contributed by atoms with van der Waals surface area (Å²) in [4.78, 5) is 0. The van der Waals surface area contributed by atoms with Gasteiger partial charge in [-0.1, -0.05) is 60.7 Å². The maximum Gasteiger partial charge on any atom is 0.383 e. The van der Waals surface area contributed by atoms with Crippen LogP contribution in [0, 0.1) is 11.8 Å². The molecule has 4 rings (SSSR count). The third kappa shape index (κ3) is 6.24. The van der Waals surface area contributed by atoms with Gasteiger partial charge in [0.2, 0.25) is 0 Å². The minimum atomic E-state index is -3.28.